The average molecular weight is 731 g/mol. The van der Waals surface area contributed by atoms with Crippen molar-refractivity contribution in [1.29, 1.82) is 0 Å². The molecule has 0 aliphatic carbocycles. The monoisotopic (exact) mass is 730 g/mol. The number of hydrogen-bond donors (Lipinski definition) is 4. The standard InChI is InChI=1S/C42H58N12/c1-47(31-18-11-9-12-19-31)39(43)49(3)33-22-15-24-35(28-33)51(5)41(45)53(7)37-26-17-27-38(30-37)54(8)42(46)52(6)36-25-16-23-34(29-36)50(4)40(44)48(2)32-20-13-10-14-21-32/h9-30,39-42H,43-46H2,1-8H3. The summed E-state index contributed by atoms with van der Waals surface area (Å²) in [5, 5.41) is 0. The summed E-state index contributed by atoms with van der Waals surface area (Å²) in [6.07, 6.45) is -1.67. The molecule has 0 fully saturated rings. The van der Waals surface area contributed by atoms with Gasteiger partial charge in [-0.05, 0) is 78.9 Å². The first-order chi connectivity index (χ1) is 25.8. The molecule has 0 aliphatic heterocycles. The normalized spacial score (nSPS) is 13.3. The zero-order valence-corrected chi connectivity index (χ0v) is 32.9. The third kappa shape index (κ3) is 8.75. The first-order valence-corrected chi connectivity index (χ1v) is 18.1. The maximum Gasteiger partial charge on any atom is 0.154 e. The largest absolute Gasteiger partial charge is 0.342 e. The molecule has 0 spiro atoms. The van der Waals surface area contributed by atoms with E-state index < -0.39 is 12.6 Å². The number of hydrogen-bond acceptors (Lipinski definition) is 12. The predicted octanol–water partition coefficient (Wildman–Crippen LogP) is 4.95. The van der Waals surface area contributed by atoms with E-state index >= 15 is 0 Å². The third-order valence-electron chi connectivity index (χ3n) is 10.4. The summed E-state index contributed by atoms with van der Waals surface area (Å²) in [5.74, 6) is 0. The van der Waals surface area contributed by atoms with Crippen LogP contribution in [0.15, 0.2) is 133 Å². The van der Waals surface area contributed by atoms with E-state index in [0.29, 0.717) is 0 Å². The van der Waals surface area contributed by atoms with Crippen molar-refractivity contribution in [3.8, 4) is 0 Å². The van der Waals surface area contributed by atoms with Crippen molar-refractivity contribution in [3.05, 3.63) is 133 Å². The summed E-state index contributed by atoms with van der Waals surface area (Å²) in [5.41, 5.74) is 35.0. The number of benzene rings is 5. The van der Waals surface area contributed by atoms with Crippen LogP contribution in [-0.2, 0) is 0 Å². The lowest BCUT2D eigenvalue weighted by Gasteiger charge is -2.38. The molecule has 4 unspecified atom stereocenters. The highest BCUT2D eigenvalue weighted by Gasteiger charge is 2.23. The summed E-state index contributed by atoms with van der Waals surface area (Å²) in [7, 11) is 16.0. The second-order valence-electron chi connectivity index (χ2n) is 13.8. The zero-order chi connectivity index (χ0) is 39.1. The zero-order valence-electron chi connectivity index (χ0n) is 32.9. The van der Waals surface area contributed by atoms with Crippen LogP contribution in [0.3, 0.4) is 0 Å². The fraction of sp³-hybridized carbons (Fsp3) is 0.286. The number of nitrogens with zero attached hydrogens (tertiary/aromatic N) is 8. The van der Waals surface area contributed by atoms with Gasteiger partial charge in [0.1, 0.15) is 0 Å². The molecular weight excluding hydrogens is 673 g/mol. The van der Waals surface area contributed by atoms with Gasteiger partial charge in [-0.15, -0.1) is 0 Å². The Morgan fingerprint density at radius 2 is 0.426 bits per heavy atom. The van der Waals surface area contributed by atoms with Gasteiger partial charge in [-0.2, -0.15) is 0 Å². The lowest BCUT2D eigenvalue weighted by Crippen LogP contribution is -2.53. The lowest BCUT2D eigenvalue weighted by molar-refractivity contribution is 0.632. The maximum absolute atomic E-state index is 6.90. The molecule has 0 aromatic heterocycles. The Hall–Kier alpha value is -5.66. The maximum atomic E-state index is 6.90. The molecule has 0 aliphatic rings. The molecule has 0 radical (unpaired) electrons. The van der Waals surface area contributed by atoms with Crippen LogP contribution < -0.4 is 62.1 Å². The second-order valence-corrected chi connectivity index (χ2v) is 13.8. The van der Waals surface area contributed by atoms with Crippen molar-refractivity contribution in [2.24, 2.45) is 22.9 Å². The molecule has 0 bridgehead atoms. The molecule has 5 aromatic carbocycles. The van der Waals surface area contributed by atoms with E-state index in [1.165, 1.54) is 0 Å². The van der Waals surface area contributed by atoms with Gasteiger partial charge < -0.3 is 39.2 Å². The van der Waals surface area contributed by atoms with Crippen LogP contribution in [0.4, 0.5) is 45.5 Å². The van der Waals surface area contributed by atoms with E-state index in [2.05, 4.69) is 54.6 Å². The summed E-state index contributed by atoms with van der Waals surface area (Å²) in [6.45, 7) is 0. The van der Waals surface area contributed by atoms with Crippen molar-refractivity contribution in [2.45, 2.75) is 25.2 Å². The second kappa shape index (κ2) is 17.4. The van der Waals surface area contributed by atoms with E-state index in [0.717, 1.165) is 45.5 Å². The SMILES string of the molecule is CN(c1ccccc1)C(N)N(C)c1cccc(N(C)C(N)N(C)c2cccc(N(C)C(N)N(C)c3cccc(N(C)C(N)N(C)c4ccccc4)c3)c2)c1. The molecule has 12 nitrogen and oxygen atoms in total. The van der Waals surface area contributed by atoms with E-state index in [1.54, 1.807) is 0 Å². The van der Waals surface area contributed by atoms with Gasteiger partial charge in [0.15, 0.2) is 25.2 Å². The minimum Gasteiger partial charge on any atom is -0.342 e. The summed E-state index contributed by atoms with van der Waals surface area (Å²) in [4.78, 5) is 16.4. The van der Waals surface area contributed by atoms with Crippen molar-refractivity contribution in [1.82, 2.24) is 0 Å². The topological polar surface area (TPSA) is 130 Å². The van der Waals surface area contributed by atoms with Crippen molar-refractivity contribution in [3.63, 3.8) is 0 Å². The van der Waals surface area contributed by atoms with Crippen molar-refractivity contribution >= 4 is 45.5 Å². The first-order valence-electron chi connectivity index (χ1n) is 18.1. The molecule has 12 heteroatoms. The molecule has 5 rings (SSSR count). The van der Waals surface area contributed by atoms with Crippen LogP contribution in [0.2, 0.25) is 0 Å². The van der Waals surface area contributed by atoms with Gasteiger partial charge in [0.05, 0.1) is 0 Å². The van der Waals surface area contributed by atoms with Crippen LogP contribution >= 0.6 is 0 Å². The Morgan fingerprint density at radius 1 is 0.259 bits per heavy atom. The van der Waals surface area contributed by atoms with Gasteiger partial charge in [-0.3, -0.25) is 22.9 Å². The highest BCUT2D eigenvalue weighted by molar-refractivity contribution is 5.65. The minimum absolute atomic E-state index is 0.370. The van der Waals surface area contributed by atoms with Gasteiger partial charge in [0.2, 0.25) is 0 Å². The summed E-state index contributed by atoms with van der Waals surface area (Å²) < 4.78 is 0. The quantitative estimate of drug-likeness (QED) is 0.103. The Labute approximate surface area is 321 Å². The highest BCUT2D eigenvalue weighted by atomic mass is 15.4. The number of nitrogens with two attached hydrogens (primary N) is 4. The van der Waals surface area contributed by atoms with Gasteiger partial charge >= 0.3 is 0 Å². The Balaban J connectivity index is 1.25. The van der Waals surface area contributed by atoms with E-state index in [1.807, 2.05) is 174 Å². The Morgan fingerprint density at radius 3 is 0.630 bits per heavy atom. The van der Waals surface area contributed by atoms with Gasteiger partial charge in [-0.1, -0.05) is 54.6 Å². The molecule has 286 valence electrons. The van der Waals surface area contributed by atoms with Crippen LogP contribution in [0.5, 0.6) is 0 Å². The van der Waals surface area contributed by atoms with Crippen molar-refractivity contribution in [2.75, 3.05) is 95.6 Å². The van der Waals surface area contributed by atoms with Gasteiger partial charge in [-0.25, -0.2) is 0 Å². The van der Waals surface area contributed by atoms with Crippen LogP contribution in [0, 0.1) is 0 Å². The molecule has 0 saturated heterocycles. The molecule has 5 aromatic rings. The fourth-order valence-electron chi connectivity index (χ4n) is 6.38. The van der Waals surface area contributed by atoms with Crippen LogP contribution in [-0.4, -0.2) is 81.5 Å². The van der Waals surface area contributed by atoms with Crippen LogP contribution in [0.25, 0.3) is 0 Å². The highest BCUT2D eigenvalue weighted by Crippen LogP contribution is 2.29. The molecule has 54 heavy (non-hydrogen) atoms. The Bertz CT molecular complexity index is 1780. The van der Waals surface area contributed by atoms with E-state index in [9.17, 15) is 0 Å². The van der Waals surface area contributed by atoms with Crippen molar-refractivity contribution < 1.29 is 0 Å². The van der Waals surface area contributed by atoms with Gasteiger partial charge in [0.25, 0.3) is 0 Å². The molecular formula is C42H58N12. The van der Waals surface area contributed by atoms with E-state index in [-0.39, 0.29) is 12.6 Å². The third-order valence-corrected chi connectivity index (χ3v) is 10.4. The molecule has 0 saturated carbocycles. The number of anilines is 8. The lowest BCUT2D eigenvalue weighted by atomic mass is 10.2. The molecule has 8 N–H and O–H groups in total. The minimum atomic E-state index is -0.463. The smallest absolute Gasteiger partial charge is 0.154 e. The number of rotatable bonds is 16. The number of para-hydroxylation sites is 2. The van der Waals surface area contributed by atoms with E-state index in [4.69, 9.17) is 22.9 Å². The van der Waals surface area contributed by atoms with Gasteiger partial charge in [0, 0.05) is 102 Å². The summed E-state index contributed by atoms with van der Waals surface area (Å²) in [6, 6.07) is 45.0. The summed E-state index contributed by atoms with van der Waals surface area (Å²) >= 11 is 0. The molecule has 0 amide bonds. The molecule has 0 heterocycles. The fourth-order valence-corrected chi connectivity index (χ4v) is 6.38. The Kier molecular flexibility index (Phi) is 12.8. The predicted molar refractivity (Wildman–Crippen MR) is 231 cm³/mol. The average Bonchev–Trinajstić information content (AvgIpc) is 3.23. The first kappa shape index (κ1) is 39.5. The van der Waals surface area contributed by atoms with Crippen LogP contribution in [0.1, 0.15) is 0 Å². The molecule has 4 atom stereocenters.